The van der Waals surface area contributed by atoms with Gasteiger partial charge in [0.05, 0.1) is 0 Å². The second kappa shape index (κ2) is 8.96. The van der Waals surface area contributed by atoms with Crippen molar-refractivity contribution in [1.29, 1.82) is 0 Å². The van der Waals surface area contributed by atoms with E-state index in [9.17, 15) is 0 Å². The highest BCUT2D eigenvalue weighted by Crippen LogP contribution is 2.26. The van der Waals surface area contributed by atoms with E-state index in [-0.39, 0.29) is 0 Å². The number of hydrogen-bond acceptors (Lipinski definition) is 0. The Labute approximate surface area is 101 Å². The van der Waals surface area contributed by atoms with Gasteiger partial charge in [0.2, 0.25) is 0 Å². The molecule has 88 valence electrons. The molecular formula is C16H24. The topological polar surface area (TPSA) is 0 Å². The van der Waals surface area contributed by atoms with Crippen molar-refractivity contribution in [2.75, 3.05) is 0 Å². The zero-order chi connectivity index (χ0) is 12.4. The summed E-state index contributed by atoms with van der Waals surface area (Å²) in [5.74, 6) is 0.426. The van der Waals surface area contributed by atoms with Gasteiger partial charge in [0.1, 0.15) is 0 Å². The van der Waals surface area contributed by atoms with Gasteiger partial charge >= 0.3 is 0 Å². The highest BCUT2D eigenvalue weighted by molar-refractivity contribution is 5.40. The van der Waals surface area contributed by atoms with Crippen molar-refractivity contribution in [1.82, 2.24) is 0 Å². The minimum absolute atomic E-state index is 0.426. The van der Waals surface area contributed by atoms with E-state index in [4.69, 9.17) is 0 Å². The van der Waals surface area contributed by atoms with Crippen LogP contribution in [0.1, 0.15) is 44.7 Å². The van der Waals surface area contributed by atoms with Crippen LogP contribution in [-0.4, -0.2) is 0 Å². The smallest absolute Gasteiger partial charge is 0.0199 e. The first-order valence-corrected chi connectivity index (χ1v) is 6.29. The SMILES string of the molecule is C=CC1C=CCc2ccccc21.CC.CC. The lowest BCUT2D eigenvalue weighted by atomic mass is 9.88. The maximum atomic E-state index is 3.83. The fraction of sp³-hybridized carbons (Fsp3) is 0.375. The van der Waals surface area contributed by atoms with E-state index >= 15 is 0 Å². The molecule has 1 unspecified atom stereocenters. The highest BCUT2D eigenvalue weighted by atomic mass is 14.1. The van der Waals surface area contributed by atoms with Gasteiger partial charge in [-0.05, 0) is 17.5 Å². The molecule has 0 aliphatic heterocycles. The summed E-state index contributed by atoms with van der Waals surface area (Å²) in [4.78, 5) is 0. The van der Waals surface area contributed by atoms with Gasteiger partial charge in [-0.25, -0.2) is 0 Å². The van der Waals surface area contributed by atoms with Crippen LogP contribution in [0.5, 0.6) is 0 Å². The Bertz CT molecular complexity index is 321. The van der Waals surface area contributed by atoms with Crippen molar-refractivity contribution in [3.05, 3.63) is 60.2 Å². The molecule has 0 aromatic heterocycles. The van der Waals surface area contributed by atoms with Crippen LogP contribution in [0.3, 0.4) is 0 Å². The molecule has 1 aliphatic carbocycles. The molecule has 1 aliphatic rings. The summed E-state index contributed by atoms with van der Waals surface area (Å²) in [7, 11) is 0. The van der Waals surface area contributed by atoms with Crippen molar-refractivity contribution in [3.63, 3.8) is 0 Å². The standard InChI is InChI=1S/C12H12.2C2H6/c1-2-10-7-5-8-11-6-3-4-9-12(10)11;2*1-2/h2-7,9-10H,1,8H2;2*1-2H3. The van der Waals surface area contributed by atoms with Crippen LogP contribution in [-0.2, 0) is 6.42 Å². The Morgan fingerprint density at radius 3 is 2.38 bits per heavy atom. The molecule has 0 saturated heterocycles. The summed E-state index contributed by atoms with van der Waals surface area (Å²) in [6.07, 6.45) is 7.50. The second-order valence-electron chi connectivity index (χ2n) is 3.09. The van der Waals surface area contributed by atoms with Gasteiger partial charge in [0, 0.05) is 5.92 Å². The quantitative estimate of drug-likeness (QED) is 0.571. The molecule has 0 spiro atoms. The van der Waals surface area contributed by atoms with Gasteiger partial charge in [-0.15, -0.1) is 6.58 Å². The molecule has 0 heteroatoms. The van der Waals surface area contributed by atoms with Crippen LogP contribution in [0.2, 0.25) is 0 Å². The summed E-state index contributed by atoms with van der Waals surface area (Å²) in [6.45, 7) is 11.8. The first-order chi connectivity index (χ1) is 7.92. The summed E-state index contributed by atoms with van der Waals surface area (Å²) < 4.78 is 0. The molecule has 0 amide bonds. The Kier molecular flexibility index (Phi) is 8.24. The molecule has 0 nitrogen and oxygen atoms in total. The van der Waals surface area contributed by atoms with Crippen LogP contribution in [0.15, 0.2) is 49.1 Å². The largest absolute Gasteiger partial charge is 0.102 e. The van der Waals surface area contributed by atoms with Gasteiger partial charge < -0.3 is 0 Å². The van der Waals surface area contributed by atoms with Crippen LogP contribution in [0.4, 0.5) is 0 Å². The Balaban J connectivity index is 0.000000509. The first kappa shape index (κ1) is 14.7. The van der Waals surface area contributed by atoms with E-state index in [0.717, 1.165) is 6.42 Å². The first-order valence-electron chi connectivity index (χ1n) is 6.29. The van der Waals surface area contributed by atoms with Gasteiger partial charge in [-0.1, -0.05) is 70.2 Å². The molecule has 1 aromatic carbocycles. The van der Waals surface area contributed by atoms with Gasteiger partial charge in [-0.2, -0.15) is 0 Å². The minimum atomic E-state index is 0.426. The van der Waals surface area contributed by atoms with E-state index in [1.54, 1.807) is 0 Å². The van der Waals surface area contributed by atoms with Crippen LogP contribution in [0, 0.1) is 0 Å². The monoisotopic (exact) mass is 216 g/mol. The lowest BCUT2D eigenvalue weighted by molar-refractivity contribution is 0.992. The Morgan fingerprint density at radius 2 is 1.75 bits per heavy atom. The number of fused-ring (bicyclic) bond motifs is 1. The molecular weight excluding hydrogens is 192 g/mol. The second-order valence-corrected chi connectivity index (χ2v) is 3.09. The van der Waals surface area contributed by atoms with E-state index in [1.807, 2.05) is 33.8 Å². The van der Waals surface area contributed by atoms with E-state index in [1.165, 1.54) is 11.1 Å². The van der Waals surface area contributed by atoms with Crippen molar-refractivity contribution in [2.24, 2.45) is 0 Å². The van der Waals surface area contributed by atoms with E-state index < -0.39 is 0 Å². The molecule has 1 atom stereocenters. The average Bonchev–Trinajstić information content (AvgIpc) is 2.42. The molecule has 0 saturated carbocycles. The number of rotatable bonds is 1. The van der Waals surface area contributed by atoms with Crippen molar-refractivity contribution >= 4 is 0 Å². The summed E-state index contributed by atoms with van der Waals surface area (Å²) in [5, 5.41) is 0. The maximum Gasteiger partial charge on any atom is 0.0199 e. The lowest BCUT2D eigenvalue weighted by Gasteiger charge is -2.16. The molecule has 16 heavy (non-hydrogen) atoms. The minimum Gasteiger partial charge on any atom is -0.102 e. The van der Waals surface area contributed by atoms with Gasteiger partial charge in [0.25, 0.3) is 0 Å². The Hall–Kier alpha value is -1.30. The fourth-order valence-corrected chi connectivity index (χ4v) is 1.70. The normalized spacial score (nSPS) is 15.9. The van der Waals surface area contributed by atoms with Crippen molar-refractivity contribution < 1.29 is 0 Å². The third kappa shape index (κ3) is 3.69. The maximum absolute atomic E-state index is 3.83. The highest BCUT2D eigenvalue weighted by Gasteiger charge is 2.10. The number of allylic oxidation sites excluding steroid dienone is 3. The molecule has 0 radical (unpaired) electrons. The molecule has 0 bridgehead atoms. The third-order valence-corrected chi connectivity index (χ3v) is 2.35. The van der Waals surface area contributed by atoms with Crippen molar-refractivity contribution in [2.45, 2.75) is 40.0 Å². The van der Waals surface area contributed by atoms with Crippen molar-refractivity contribution in [3.8, 4) is 0 Å². The van der Waals surface area contributed by atoms with Crippen LogP contribution >= 0.6 is 0 Å². The number of benzene rings is 1. The summed E-state index contributed by atoms with van der Waals surface area (Å²) >= 11 is 0. The predicted molar refractivity (Wildman–Crippen MR) is 74.9 cm³/mol. The zero-order valence-corrected chi connectivity index (χ0v) is 11.0. The zero-order valence-electron chi connectivity index (χ0n) is 11.0. The molecule has 2 rings (SSSR count). The van der Waals surface area contributed by atoms with Crippen LogP contribution < -0.4 is 0 Å². The number of hydrogen-bond donors (Lipinski definition) is 0. The summed E-state index contributed by atoms with van der Waals surface area (Å²) in [5.41, 5.74) is 2.85. The van der Waals surface area contributed by atoms with Crippen LogP contribution in [0.25, 0.3) is 0 Å². The van der Waals surface area contributed by atoms with E-state index in [0.29, 0.717) is 5.92 Å². The third-order valence-electron chi connectivity index (χ3n) is 2.35. The van der Waals surface area contributed by atoms with Gasteiger partial charge in [-0.3, -0.25) is 0 Å². The predicted octanol–water partition coefficient (Wildman–Crippen LogP) is 5.12. The van der Waals surface area contributed by atoms with E-state index in [2.05, 4.69) is 43.0 Å². The average molecular weight is 216 g/mol. The molecule has 0 fully saturated rings. The molecule has 0 heterocycles. The Morgan fingerprint density at radius 1 is 1.12 bits per heavy atom. The lowest BCUT2D eigenvalue weighted by Crippen LogP contribution is -2.01. The molecule has 0 N–H and O–H groups in total. The fourth-order valence-electron chi connectivity index (χ4n) is 1.70. The molecule has 1 aromatic rings. The summed E-state index contributed by atoms with van der Waals surface area (Å²) in [6, 6.07) is 8.56. The van der Waals surface area contributed by atoms with Gasteiger partial charge in [0.15, 0.2) is 0 Å².